The summed E-state index contributed by atoms with van der Waals surface area (Å²) in [6.07, 6.45) is 0. The van der Waals surface area contributed by atoms with Gasteiger partial charge in [-0.1, -0.05) is 36.4 Å². The minimum atomic E-state index is -0.495. The van der Waals surface area contributed by atoms with Crippen molar-refractivity contribution >= 4 is 11.9 Å². The molecule has 0 radical (unpaired) electrons. The van der Waals surface area contributed by atoms with Crippen molar-refractivity contribution in [2.75, 3.05) is 20.2 Å². The first-order chi connectivity index (χ1) is 13.0. The highest BCUT2D eigenvalue weighted by atomic mass is 16.5. The predicted molar refractivity (Wildman–Crippen MR) is 109 cm³/mol. The first-order valence-corrected chi connectivity index (χ1v) is 9.03. The maximum absolute atomic E-state index is 10.9. The largest absolute Gasteiger partial charge is 0.484 e. The lowest BCUT2D eigenvalue weighted by Crippen LogP contribution is -2.38. The predicted octanol–water partition coefficient (Wildman–Crippen LogP) is 2.46. The van der Waals surface area contributed by atoms with Crippen LogP contribution in [0.5, 0.6) is 5.75 Å². The first kappa shape index (κ1) is 20.3. The van der Waals surface area contributed by atoms with Crippen LogP contribution in [0.4, 0.5) is 0 Å². The molecule has 0 heterocycles. The molecule has 3 N–H and O–H groups in total. The van der Waals surface area contributed by atoms with E-state index in [0.717, 1.165) is 24.6 Å². The number of carbonyl (C=O) groups excluding carboxylic acids is 1. The Kier molecular flexibility index (Phi) is 7.67. The van der Waals surface area contributed by atoms with E-state index in [1.165, 1.54) is 11.1 Å². The van der Waals surface area contributed by atoms with Gasteiger partial charge in [0, 0.05) is 20.1 Å². The van der Waals surface area contributed by atoms with Crippen molar-refractivity contribution in [3.63, 3.8) is 0 Å². The Morgan fingerprint density at radius 3 is 2.70 bits per heavy atom. The summed E-state index contributed by atoms with van der Waals surface area (Å²) in [5.74, 6) is 0.953. The monoisotopic (exact) mass is 368 g/mol. The molecule has 0 fully saturated rings. The zero-order valence-corrected chi connectivity index (χ0v) is 16.2. The fourth-order valence-corrected chi connectivity index (χ4v) is 2.64. The van der Waals surface area contributed by atoms with Crippen LogP contribution < -0.4 is 15.8 Å². The Labute approximate surface area is 161 Å². The number of nitrogens with two attached hydrogens (primary N) is 1. The van der Waals surface area contributed by atoms with Gasteiger partial charge in [-0.2, -0.15) is 0 Å². The van der Waals surface area contributed by atoms with Gasteiger partial charge < -0.3 is 20.7 Å². The van der Waals surface area contributed by atoms with Gasteiger partial charge in [-0.15, -0.1) is 0 Å². The highest BCUT2D eigenvalue weighted by molar-refractivity contribution is 5.79. The molecule has 2 aromatic rings. The van der Waals surface area contributed by atoms with Crippen molar-refractivity contribution in [3.05, 3.63) is 65.2 Å². The molecule has 6 nitrogen and oxygen atoms in total. The zero-order chi connectivity index (χ0) is 19.6. The number of aryl methyl sites for hydroxylation is 1. The number of nitrogens with zero attached hydrogens (tertiary/aromatic N) is 2. The minimum Gasteiger partial charge on any atom is -0.484 e. The van der Waals surface area contributed by atoms with Gasteiger partial charge in [0.25, 0.3) is 5.91 Å². The molecule has 27 heavy (non-hydrogen) atoms. The molecule has 0 atom stereocenters. The summed E-state index contributed by atoms with van der Waals surface area (Å²) >= 11 is 0. The van der Waals surface area contributed by atoms with E-state index in [2.05, 4.69) is 42.3 Å². The Morgan fingerprint density at radius 1 is 1.22 bits per heavy atom. The van der Waals surface area contributed by atoms with Crippen molar-refractivity contribution < 1.29 is 9.53 Å². The van der Waals surface area contributed by atoms with Crippen LogP contribution in [0.25, 0.3) is 0 Å². The molecule has 2 aromatic carbocycles. The SMILES string of the molecule is CCNC(=NCc1cccc(OCC(N)=O)c1)N(C)Cc1ccccc1C. The van der Waals surface area contributed by atoms with Crippen LogP contribution in [0.2, 0.25) is 0 Å². The van der Waals surface area contributed by atoms with Crippen LogP contribution in [-0.2, 0) is 17.9 Å². The first-order valence-electron chi connectivity index (χ1n) is 9.03. The number of rotatable bonds is 8. The molecule has 0 aliphatic heterocycles. The molecule has 0 unspecified atom stereocenters. The summed E-state index contributed by atoms with van der Waals surface area (Å²) in [4.78, 5) is 17.7. The Morgan fingerprint density at radius 2 is 2.00 bits per heavy atom. The van der Waals surface area contributed by atoms with Crippen molar-refractivity contribution in [3.8, 4) is 5.75 Å². The normalized spacial score (nSPS) is 11.1. The maximum atomic E-state index is 10.9. The van der Waals surface area contributed by atoms with Gasteiger partial charge in [0.2, 0.25) is 0 Å². The van der Waals surface area contributed by atoms with E-state index in [4.69, 9.17) is 15.5 Å². The van der Waals surface area contributed by atoms with E-state index >= 15 is 0 Å². The fourth-order valence-electron chi connectivity index (χ4n) is 2.64. The highest BCUT2D eigenvalue weighted by Crippen LogP contribution is 2.14. The Bertz CT molecular complexity index is 789. The summed E-state index contributed by atoms with van der Waals surface area (Å²) in [6.45, 7) is 6.11. The fraction of sp³-hybridized carbons (Fsp3) is 0.333. The molecule has 0 saturated heterocycles. The Hall–Kier alpha value is -3.02. The molecule has 0 aliphatic carbocycles. The number of hydrogen-bond donors (Lipinski definition) is 2. The number of ether oxygens (including phenoxy) is 1. The number of guanidine groups is 1. The van der Waals surface area contributed by atoms with Crippen LogP contribution >= 0.6 is 0 Å². The third-order valence-corrected chi connectivity index (χ3v) is 4.06. The van der Waals surface area contributed by atoms with Gasteiger partial charge in [0.15, 0.2) is 12.6 Å². The molecule has 0 spiro atoms. The lowest BCUT2D eigenvalue weighted by atomic mass is 10.1. The topological polar surface area (TPSA) is 80.0 Å². The Balaban J connectivity index is 2.07. The number of hydrogen-bond acceptors (Lipinski definition) is 3. The zero-order valence-electron chi connectivity index (χ0n) is 16.2. The van der Waals surface area contributed by atoms with Crippen LogP contribution in [0.15, 0.2) is 53.5 Å². The second-order valence-corrected chi connectivity index (χ2v) is 6.36. The number of nitrogens with one attached hydrogen (secondary N) is 1. The third kappa shape index (κ3) is 6.66. The van der Waals surface area contributed by atoms with E-state index in [9.17, 15) is 4.79 Å². The molecular formula is C21H28N4O2. The van der Waals surface area contributed by atoms with Gasteiger partial charge in [0.1, 0.15) is 5.75 Å². The lowest BCUT2D eigenvalue weighted by molar-refractivity contribution is -0.119. The van der Waals surface area contributed by atoms with Crippen molar-refractivity contribution in [2.24, 2.45) is 10.7 Å². The number of aliphatic imine (C=N–C) groups is 1. The molecule has 2 rings (SSSR count). The number of carbonyl (C=O) groups is 1. The molecule has 6 heteroatoms. The molecule has 0 aromatic heterocycles. The summed E-state index contributed by atoms with van der Waals surface area (Å²) in [5.41, 5.74) is 8.65. The molecule has 0 aliphatic rings. The molecule has 0 bridgehead atoms. The molecular weight excluding hydrogens is 340 g/mol. The van der Waals surface area contributed by atoms with Gasteiger partial charge in [-0.05, 0) is 42.7 Å². The van der Waals surface area contributed by atoms with Gasteiger partial charge in [0.05, 0.1) is 6.54 Å². The minimum absolute atomic E-state index is 0.130. The second kappa shape index (κ2) is 10.2. The van der Waals surface area contributed by atoms with Crippen LogP contribution in [-0.4, -0.2) is 37.0 Å². The third-order valence-electron chi connectivity index (χ3n) is 4.06. The highest BCUT2D eigenvalue weighted by Gasteiger charge is 2.08. The van der Waals surface area contributed by atoms with Crippen molar-refractivity contribution in [1.29, 1.82) is 0 Å². The van der Waals surface area contributed by atoms with E-state index in [1.807, 2.05) is 31.3 Å². The second-order valence-electron chi connectivity index (χ2n) is 6.36. The van der Waals surface area contributed by atoms with Crippen molar-refractivity contribution in [1.82, 2.24) is 10.2 Å². The summed E-state index contributed by atoms with van der Waals surface area (Å²) in [5, 5.41) is 3.33. The quantitative estimate of drug-likeness (QED) is 0.554. The molecule has 144 valence electrons. The maximum Gasteiger partial charge on any atom is 0.255 e. The number of benzene rings is 2. The smallest absolute Gasteiger partial charge is 0.255 e. The summed E-state index contributed by atoms with van der Waals surface area (Å²) in [7, 11) is 2.03. The van der Waals surface area contributed by atoms with E-state index < -0.39 is 5.91 Å². The average molecular weight is 368 g/mol. The van der Waals surface area contributed by atoms with E-state index in [1.54, 1.807) is 6.07 Å². The van der Waals surface area contributed by atoms with Gasteiger partial charge in [-0.3, -0.25) is 4.79 Å². The van der Waals surface area contributed by atoms with Crippen LogP contribution in [0.3, 0.4) is 0 Å². The average Bonchev–Trinajstić information content (AvgIpc) is 2.65. The van der Waals surface area contributed by atoms with Gasteiger partial charge >= 0.3 is 0 Å². The molecule has 0 saturated carbocycles. The van der Waals surface area contributed by atoms with Crippen LogP contribution in [0.1, 0.15) is 23.6 Å². The number of primary amides is 1. The van der Waals surface area contributed by atoms with E-state index in [0.29, 0.717) is 12.3 Å². The van der Waals surface area contributed by atoms with E-state index in [-0.39, 0.29) is 6.61 Å². The standard InChI is InChI=1S/C21H28N4O2/c1-4-23-21(25(3)14-18-10-6-5-8-16(18)2)24-13-17-9-7-11-19(12-17)27-15-20(22)26/h5-12H,4,13-15H2,1-3H3,(H2,22,26)(H,23,24). The van der Waals surface area contributed by atoms with Crippen LogP contribution in [0, 0.1) is 6.92 Å². The summed E-state index contributed by atoms with van der Waals surface area (Å²) in [6, 6.07) is 15.9. The molecule has 1 amide bonds. The lowest BCUT2D eigenvalue weighted by Gasteiger charge is -2.23. The van der Waals surface area contributed by atoms with Crippen molar-refractivity contribution in [2.45, 2.75) is 26.9 Å². The van der Waals surface area contributed by atoms with Gasteiger partial charge in [-0.25, -0.2) is 4.99 Å². The summed E-state index contributed by atoms with van der Waals surface area (Å²) < 4.78 is 5.35. The number of amides is 1.